The molecule has 0 saturated heterocycles. The first-order chi connectivity index (χ1) is 10.2. The summed E-state index contributed by atoms with van der Waals surface area (Å²) >= 11 is 1.54. The number of hydrogen-bond acceptors (Lipinski definition) is 4. The minimum atomic E-state index is -0.893. The van der Waals surface area contributed by atoms with Gasteiger partial charge in [0.2, 0.25) is 0 Å². The van der Waals surface area contributed by atoms with Crippen LogP contribution < -0.4 is 5.32 Å². The molecule has 0 radical (unpaired) electrons. The third kappa shape index (κ3) is 4.23. The van der Waals surface area contributed by atoms with Gasteiger partial charge in [0.1, 0.15) is 0 Å². The lowest BCUT2D eigenvalue weighted by Gasteiger charge is -2.12. The van der Waals surface area contributed by atoms with Crippen molar-refractivity contribution in [1.29, 1.82) is 0 Å². The Morgan fingerprint density at radius 3 is 2.86 bits per heavy atom. The molecule has 0 saturated carbocycles. The van der Waals surface area contributed by atoms with Crippen molar-refractivity contribution in [2.45, 2.75) is 18.2 Å². The summed E-state index contributed by atoms with van der Waals surface area (Å²) in [4.78, 5) is 16.4. The Balaban J connectivity index is 2.08. The van der Waals surface area contributed by atoms with Gasteiger partial charge in [-0.1, -0.05) is 19.1 Å². The van der Waals surface area contributed by atoms with Crippen LogP contribution in [0.1, 0.15) is 22.8 Å². The molecule has 21 heavy (non-hydrogen) atoms. The maximum Gasteiger partial charge on any atom is 0.338 e. The summed E-state index contributed by atoms with van der Waals surface area (Å²) in [7, 11) is 0. The van der Waals surface area contributed by atoms with Gasteiger partial charge in [-0.15, -0.1) is 11.8 Å². The van der Waals surface area contributed by atoms with Crippen LogP contribution in [0.25, 0.3) is 0 Å². The second-order valence-corrected chi connectivity index (χ2v) is 5.76. The van der Waals surface area contributed by atoms with Crippen molar-refractivity contribution in [1.82, 2.24) is 4.98 Å². The van der Waals surface area contributed by atoms with E-state index in [1.54, 1.807) is 18.0 Å². The predicted molar refractivity (Wildman–Crippen MR) is 86.2 cm³/mol. The number of rotatable bonds is 7. The lowest BCUT2D eigenvalue weighted by molar-refractivity contribution is 0.0694. The normalized spacial score (nSPS) is 10.3. The lowest BCUT2D eigenvalue weighted by Crippen LogP contribution is -2.10. The van der Waals surface area contributed by atoms with Gasteiger partial charge < -0.3 is 10.4 Å². The van der Waals surface area contributed by atoms with Crippen molar-refractivity contribution in [2.75, 3.05) is 17.6 Å². The minimum Gasteiger partial charge on any atom is -0.478 e. The van der Waals surface area contributed by atoms with Crippen molar-refractivity contribution in [3.05, 3.63) is 53.9 Å². The fraction of sp³-hybridized carbons (Fsp3) is 0.250. The highest BCUT2D eigenvalue weighted by Crippen LogP contribution is 2.28. The smallest absolute Gasteiger partial charge is 0.338 e. The molecule has 0 bridgehead atoms. The number of hydrogen-bond donors (Lipinski definition) is 2. The van der Waals surface area contributed by atoms with Gasteiger partial charge >= 0.3 is 5.97 Å². The molecule has 1 aromatic heterocycles. The number of nitrogens with one attached hydrogen (secondary N) is 1. The summed E-state index contributed by atoms with van der Waals surface area (Å²) in [5.74, 6) is -0.0465. The first-order valence-corrected chi connectivity index (χ1v) is 7.82. The van der Waals surface area contributed by atoms with E-state index in [-0.39, 0.29) is 0 Å². The van der Waals surface area contributed by atoms with Gasteiger partial charge in [0.15, 0.2) is 0 Å². The van der Waals surface area contributed by atoms with Crippen LogP contribution in [0.2, 0.25) is 0 Å². The lowest BCUT2D eigenvalue weighted by atomic mass is 10.1. The number of carbonyl (C=O) groups is 1. The first-order valence-electron chi connectivity index (χ1n) is 6.84. The number of pyridine rings is 1. The Morgan fingerprint density at radius 1 is 1.33 bits per heavy atom. The van der Waals surface area contributed by atoms with E-state index >= 15 is 0 Å². The molecule has 2 rings (SSSR count). The van der Waals surface area contributed by atoms with Crippen molar-refractivity contribution in [2.24, 2.45) is 0 Å². The maximum absolute atomic E-state index is 11.5. The topological polar surface area (TPSA) is 62.2 Å². The fourth-order valence-corrected chi connectivity index (χ4v) is 2.89. The SMILES string of the molecule is CCSc1cccc(NCCc2cccnc2)c1C(=O)O. The Bertz CT molecular complexity index is 602. The molecule has 5 heteroatoms. The van der Waals surface area contributed by atoms with E-state index in [4.69, 9.17) is 0 Å². The summed E-state index contributed by atoms with van der Waals surface area (Å²) in [6, 6.07) is 9.46. The summed E-state index contributed by atoms with van der Waals surface area (Å²) in [6.07, 6.45) is 4.37. The van der Waals surface area contributed by atoms with Crippen LogP contribution >= 0.6 is 11.8 Å². The van der Waals surface area contributed by atoms with Gasteiger partial charge in [-0.3, -0.25) is 4.98 Å². The van der Waals surface area contributed by atoms with Gasteiger partial charge in [0.25, 0.3) is 0 Å². The molecule has 0 amide bonds. The number of carboxylic acid groups (broad SMARTS) is 1. The van der Waals surface area contributed by atoms with Crippen LogP contribution in [-0.4, -0.2) is 28.4 Å². The number of thioether (sulfide) groups is 1. The van der Waals surface area contributed by atoms with Crippen LogP contribution in [0.5, 0.6) is 0 Å². The number of aromatic carboxylic acids is 1. The molecule has 1 heterocycles. The quantitative estimate of drug-likeness (QED) is 0.766. The Kier molecular flexibility index (Phi) is 5.63. The number of aromatic nitrogens is 1. The average molecular weight is 302 g/mol. The van der Waals surface area contributed by atoms with Crippen molar-refractivity contribution >= 4 is 23.4 Å². The molecule has 0 fully saturated rings. The highest BCUT2D eigenvalue weighted by molar-refractivity contribution is 7.99. The predicted octanol–water partition coefficient (Wildman–Crippen LogP) is 3.55. The number of nitrogens with zero attached hydrogens (tertiary/aromatic N) is 1. The molecule has 110 valence electrons. The minimum absolute atomic E-state index is 0.357. The van der Waals surface area contributed by atoms with Gasteiger partial charge in [-0.25, -0.2) is 4.79 Å². The van der Waals surface area contributed by atoms with Crippen LogP contribution in [0.15, 0.2) is 47.6 Å². The number of benzene rings is 1. The van der Waals surface area contributed by atoms with E-state index in [2.05, 4.69) is 10.3 Å². The van der Waals surface area contributed by atoms with Crippen molar-refractivity contribution < 1.29 is 9.90 Å². The number of carboxylic acids is 1. The molecule has 0 atom stereocenters. The zero-order valence-corrected chi connectivity index (χ0v) is 12.7. The van der Waals surface area contributed by atoms with E-state index < -0.39 is 5.97 Å². The molecule has 0 aliphatic rings. The molecular formula is C16H18N2O2S. The summed E-state index contributed by atoms with van der Waals surface area (Å²) < 4.78 is 0. The second kappa shape index (κ2) is 7.69. The van der Waals surface area contributed by atoms with Gasteiger partial charge in [0, 0.05) is 29.5 Å². The zero-order valence-electron chi connectivity index (χ0n) is 11.9. The Morgan fingerprint density at radius 2 is 2.19 bits per heavy atom. The monoisotopic (exact) mass is 302 g/mol. The largest absolute Gasteiger partial charge is 0.478 e. The molecule has 0 aliphatic carbocycles. The average Bonchev–Trinajstić information content (AvgIpc) is 2.48. The summed E-state index contributed by atoms with van der Waals surface area (Å²) in [5, 5.41) is 12.6. The van der Waals surface area contributed by atoms with Gasteiger partial charge in [-0.2, -0.15) is 0 Å². The second-order valence-electron chi connectivity index (χ2n) is 4.45. The third-order valence-corrected chi connectivity index (χ3v) is 3.93. The van der Waals surface area contributed by atoms with Crippen molar-refractivity contribution in [3.8, 4) is 0 Å². The molecule has 4 nitrogen and oxygen atoms in total. The van der Waals surface area contributed by atoms with Crippen LogP contribution in [0.3, 0.4) is 0 Å². The van der Waals surface area contributed by atoms with Crippen LogP contribution in [-0.2, 0) is 6.42 Å². The van der Waals surface area contributed by atoms with E-state index in [0.717, 1.165) is 22.6 Å². The zero-order chi connectivity index (χ0) is 15.1. The summed E-state index contributed by atoms with van der Waals surface area (Å²) in [6.45, 7) is 2.69. The van der Waals surface area contributed by atoms with Crippen LogP contribution in [0.4, 0.5) is 5.69 Å². The van der Waals surface area contributed by atoms with E-state index in [9.17, 15) is 9.90 Å². The maximum atomic E-state index is 11.5. The Hall–Kier alpha value is -2.01. The molecule has 0 unspecified atom stereocenters. The highest BCUT2D eigenvalue weighted by atomic mass is 32.2. The van der Waals surface area contributed by atoms with Gasteiger partial charge in [-0.05, 0) is 35.9 Å². The molecule has 0 aliphatic heterocycles. The molecular weight excluding hydrogens is 284 g/mol. The first kappa shape index (κ1) is 15.4. The molecule has 1 aromatic carbocycles. The Labute approximate surface area is 128 Å². The third-order valence-electron chi connectivity index (χ3n) is 2.99. The highest BCUT2D eigenvalue weighted by Gasteiger charge is 2.15. The summed E-state index contributed by atoms with van der Waals surface area (Å²) in [5.41, 5.74) is 2.15. The molecule has 2 aromatic rings. The molecule has 0 spiro atoms. The van der Waals surface area contributed by atoms with E-state index in [1.165, 1.54) is 0 Å². The van der Waals surface area contributed by atoms with Gasteiger partial charge in [0.05, 0.1) is 5.56 Å². The van der Waals surface area contributed by atoms with E-state index in [0.29, 0.717) is 17.8 Å². The standard InChI is InChI=1S/C16H18N2O2S/c1-2-21-14-7-3-6-13(15(14)16(19)20)18-10-8-12-5-4-9-17-11-12/h3-7,9,11,18H,2,8,10H2,1H3,(H,19,20). The van der Waals surface area contributed by atoms with Crippen molar-refractivity contribution in [3.63, 3.8) is 0 Å². The molecule has 2 N–H and O–H groups in total. The fourth-order valence-electron chi connectivity index (χ4n) is 2.06. The van der Waals surface area contributed by atoms with Crippen LogP contribution in [0, 0.1) is 0 Å². The number of anilines is 1. The van der Waals surface area contributed by atoms with E-state index in [1.807, 2.05) is 43.5 Å².